The van der Waals surface area contributed by atoms with Crippen molar-refractivity contribution in [2.45, 2.75) is 39.2 Å². The molecule has 0 bridgehead atoms. The average molecular weight is 372 g/mol. The molecular formula is C17H26ClN3O2S. The lowest BCUT2D eigenvalue weighted by Gasteiger charge is -2.41. The van der Waals surface area contributed by atoms with Gasteiger partial charge in [0.1, 0.15) is 0 Å². The molecule has 3 rings (SSSR count). The van der Waals surface area contributed by atoms with Crippen LogP contribution in [0.15, 0.2) is 6.07 Å². The minimum atomic E-state index is 0. The standard InChI is InChI=1S/C17H25N3O2S.ClH/c1-3-14-12(2)9-15(23-14)17(22)19-7-4-5-13(11-19)20-8-6-18-10-16(20)21;/h9,13,18H,3-8,10-11H2,1-2H3;1H. The van der Waals surface area contributed by atoms with E-state index in [1.165, 1.54) is 10.4 Å². The molecule has 134 valence electrons. The maximum absolute atomic E-state index is 12.8. The predicted octanol–water partition coefficient (Wildman–Crippen LogP) is 2.08. The summed E-state index contributed by atoms with van der Waals surface area (Å²) in [5.41, 5.74) is 1.21. The van der Waals surface area contributed by atoms with Crippen LogP contribution in [0.1, 0.15) is 39.9 Å². The number of likely N-dealkylation sites (tertiary alicyclic amines) is 1. The summed E-state index contributed by atoms with van der Waals surface area (Å²) in [6.45, 7) is 7.69. The Bertz CT molecular complexity index is 605. The van der Waals surface area contributed by atoms with Gasteiger partial charge in [0.25, 0.3) is 5.91 Å². The zero-order valence-electron chi connectivity index (χ0n) is 14.3. The van der Waals surface area contributed by atoms with Gasteiger partial charge in [-0.3, -0.25) is 9.59 Å². The van der Waals surface area contributed by atoms with Crippen LogP contribution >= 0.6 is 23.7 Å². The van der Waals surface area contributed by atoms with E-state index in [4.69, 9.17) is 0 Å². The first-order valence-corrected chi connectivity index (χ1v) is 9.30. The molecular weight excluding hydrogens is 346 g/mol. The van der Waals surface area contributed by atoms with E-state index < -0.39 is 0 Å². The summed E-state index contributed by atoms with van der Waals surface area (Å²) in [5.74, 6) is 0.292. The number of piperazine rings is 1. The molecule has 24 heavy (non-hydrogen) atoms. The summed E-state index contributed by atoms with van der Waals surface area (Å²) in [4.78, 5) is 30.9. The molecule has 0 saturated carbocycles. The molecule has 2 aliphatic rings. The fourth-order valence-electron chi connectivity index (χ4n) is 3.53. The second-order valence-corrected chi connectivity index (χ2v) is 7.52. The molecule has 2 fully saturated rings. The molecule has 2 amide bonds. The molecule has 7 heteroatoms. The number of halogens is 1. The number of hydrogen-bond donors (Lipinski definition) is 1. The van der Waals surface area contributed by atoms with Crippen molar-refractivity contribution in [3.05, 3.63) is 21.4 Å². The van der Waals surface area contributed by atoms with Crippen LogP contribution in [0.4, 0.5) is 0 Å². The molecule has 1 aromatic heterocycles. The van der Waals surface area contributed by atoms with Crippen LogP contribution in [-0.2, 0) is 11.2 Å². The molecule has 1 N–H and O–H groups in total. The van der Waals surface area contributed by atoms with Gasteiger partial charge in [0, 0.05) is 37.1 Å². The molecule has 2 saturated heterocycles. The van der Waals surface area contributed by atoms with Crippen molar-refractivity contribution in [3.63, 3.8) is 0 Å². The molecule has 1 aromatic rings. The second-order valence-electron chi connectivity index (χ2n) is 6.38. The first kappa shape index (κ1) is 19.2. The Hall–Kier alpha value is -1.11. The molecule has 5 nitrogen and oxygen atoms in total. The number of piperidine rings is 1. The van der Waals surface area contributed by atoms with E-state index in [0.717, 1.165) is 43.8 Å². The van der Waals surface area contributed by atoms with Gasteiger partial charge in [-0.15, -0.1) is 23.7 Å². The van der Waals surface area contributed by atoms with E-state index in [1.54, 1.807) is 11.3 Å². The fourth-order valence-corrected chi connectivity index (χ4v) is 4.61. The van der Waals surface area contributed by atoms with E-state index in [-0.39, 0.29) is 30.3 Å². The molecule has 2 aliphatic heterocycles. The second kappa shape index (κ2) is 8.32. The third-order valence-electron chi connectivity index (χ3n) is 4.80. The van der Waals surface area contributed by atoms with Gasteiger partial charge in [0.15, 0.2) is 0 Å². The molecule has 1 atom stereocenters. The van der Waals surface area contributed by atoms with Gasteiger partial charge >= 0.3 is 0 Å². The number of rotatable bonds is 3. The van der Waals surface area contributed by atoms with Crippen molar-refractivity contribution in [1.29, 1.82) is 0 Å². The number of carbonyl (C=O) groups is 2. The smallest absolute Gasteiger partial charge is 0.264 e. The Balaban J connectivity index is 0.00000208. The highest BCUT2D eigenvalue weighted by atomic mass is 35.5. The fraction of sp³-hybridized carbons (Fsp3) is 0.647. The SMILES string of the molecule is CCc1sc(C(=O)N2CCCC(N3CCNCC3=O)C2)cc1C.Cl. The largest absolute Gasteiger partial charge is 0.336 e. The van der Waals surface area contributed by atoms with Crippen LogP contribution in [0.3, 0.4) is 0 Å². The van der Waals surface area contributed by atoms with Gasteiger partial charge in [-0.1, -0.05) is 6.92 Å². The maximum Gasteiger partial charge on any atom is 0.264 e. The van der Waals surface area contributed by atoms with Crippen molar-refractivity contribution < 1.29 is 9.59 Å². The van der Waals surface area contributed by atoms with Crippen LogP contribution < -0.4 is 5.32 Å². The number of nitrogens with zero attached hydrogens (tertiary/aromatic N) is 2. The monoisotopic (exact) mass is 371 g/mol. The van der Waals surface area contributed by atoms with Gasteiger partial charge in [-0.2, -0.15) is 0 Å². The topological polar surface area (TPSA) is 52.7 Å². The van der Waals surface area contributed by atoms with Crippen LogP contribution in [0.5, 0.6) is 0 Å². The van der Waals surface area contributed by atoms with Crippen LogP contribution in [0.2, 0.25) is 0 Å². The number of aryl methyl sites for hydroxylation is 2. The summed E-state index contributed by atoms with van der Waals surface area (Å²) >= 11 is 1.62. The Morgan fingerprint density at radius 3 is 2.88 bits per heavy atom. The number of hydrogen-bond acceptors (Lipinski definition) is 4. The Kier molecular flexibility index (Phi) is 6.66. The Labute approximate surface area is 153 Å². The van der Waals surface area contributed by atoms with Crippen molar-refractivity contribution in [2.75, 3.05) is 32.7 Å². The van der Waals surface area contributed by atoms with E-state index in [0.29, 0.717) is 13.1 Å². The van der Waals surface area contributed by atoms with Crippen LogP contribution in [0.25, 0.3) is 0 Å². The van der Waals surface area contributed by atoms with Gasteiger partial charge in [-0.25, -0.2) is 0 Å². The number of carbonyl (C=O) groups excluding carboxylic acids is 2. The predicted molar refractivity (Wildman–Crippen MR) is 99.2 cm³/mol. The highest BCUT2D eigenvalue weighted by molar-refractivity contribution is 7.14. The number of amides is 2. The van der Waals surface area contributed by atoms with Gasteiger partial charge in [0.05, 0.1) is 11.4 Å². The van der Waals surface area contributed by atoms with E-state index in [2.05, 4.69) is 19.2 Å². The van der Waals surface area contributed by atoms with Crippen molar-refractivity contribution >= 4 is 35.6 Å². The number of nitrogens with one attached hydrogen (secondary N) is 1. The van der Waals surface area contributed by atoms with Crippen LogP contribution in [-0.4, -0.2) is 60.4 Å². The van der Waals surface area contributed by atoms with Crippen molar-refractivity contribution in [3.8, 4) is 0 Å². The lowest BCUT2D eigenvalue weighted by molar-refractivity contribution is -0.135. The van der Waals surface area contributed by atoms with E-state index in [9.17, 15) is 9.59 Å². The molecule has 0 aliphatic carbocycles. The number of thiophene rings is 1. The Morgan fingerprint density at radius 1 is 1.42 bits per heavy atom. The van der Waals surface area contributed by atoms with E-state index >= 15 is 0 Å². The third-order valence-corrected chi connectivity index (χ3v) is 6.17. The summed E-state index contributed by atoms with van der Waals surface area (Å²) in [6, 6.07) is 2.19. The van der Waals surface area contributed by atoms with E-state index in [1.807, 2.05) is 15.9 Å². The summed E-state index contributed by atoms with van der Waals surface area (Å²) in [5, 5.41) is 3.11. The van der Waals surface area contributed by atoms with Gasteiger partial charge < -0.3 is 15.1 Å². The minimum Gasteiger partial charge on any atom is -0.336 e. The zero-order valence-corrected chi connectivity index (χ0v) is 16.0. The maximum atomic E-state index is 12.8. The first-order chi connectivity index (χ1) is 11.1. The summed E-state index contributed by atoms with van der Waals surface area (Å²) in [6.07, 6.45) is 2.94. The van der Waals surface area contributed by atoms with Crippen molar-refractivity contribution in [2.24, 2.45) is 0 Å². The average Bonchev–Trinajstić information content (AvgIpc) is 2.95. The Morgan fingerprint density at radius 2 is 2.21 bits per heavy atom. The molecule has 1 unspecified atom stereocenters. The molecule has 0 aromatic carbocycles. The lowest BCUT2D eigenvalue weighted by Crippen LogP contribution is -2.57. The summed E-state index contributed by atoms with van der Waals surface area (Å²) < 4.78 is 0. The normalized spacial score (nSPS) is 21.6. The minimum absolute atomic E-state index is 0. The quantitative estimate of drug-likeness (QED) is 0.885. The van der Waals surface area contributed by atoms with Gasteiger partial charge in [-0.05, 0) is 37.8 Å². The highest BCUT2D eigenvalue weighted by Gasteiger charge is 2.32. The molecule has 0 spiro atoms. The first-order valence-electron chi connectivity index (χ1n) is 8.49. The summed E-state index contributed by atoms with van der Waals surface area (Å²) in [7, 11) is 0. The third kappa shape index (κ3) is 3.92. The zero-order chi connectivity index (χ0) is 16.4. The lowest BCUT2D eigenvalue weighted by atomic mass is 10.0. The molecule has 0 radical (unpaired) electrons. The van der Waals surface area contributed by atoms with Gasteiger partial charge in [0.2, 0.25) is 5.91 Å². The highest BCUT2D eigenvalue weighted by Crippen LogP contribution is 2.26. The van der Waals surface area contributed by atoms with Crippen molar-refractivity contribution in [1.82, 2.24) is 15.1 Å². The van der Waals surface area contributed by atoms with Crippen LogP contribution in [0, 0.1) is 6.92 Å². The molecule has 3 heterocycles.